The summed E-state index contributed by atoms with van der Waals surface area (Å²) in [6.45, 7) is 0.0465. The molecule has 26 heavy (non-hydrogen) atoms. The second-order valence-electron chi connectivity index (χ2n) is 5.61. The summed E-state index contributed by atoms with van der Waals surface area (Å²) in [7, 11) is 1.50. The summed E-state index contributed by atoms with van der Waals surface area (Å²) in [6.07, 6.45) is 1.73. The average molecular weight is 375 g/mol. The minimum Gasteiger partial charge on any atom is -0.477 e. The smallest absolute Gasteiger partial charge is 0.262 e. The van der Waals surface area contributed by atoms with Crippen molar-refractivity contribution in [2.45, 2.75) is 6.10 Å². The van der Waals surface area contributed by atoms with Gasteiger partial charge in [0.1, 0.15) is 11.6 Å². The van der Waals surface area contributed by atoms with Gasteiger partial charge in [0.25, 0.3) is 11.8 Å². The van der Waals surface area contributed by atoms with Crippen molar-refractivity contribution in [1.82, 2.24) is 5.32 Å². The lowest BCUT2D eigenvalue weighted by molar-refractivity contribution is -0.127. The molecule has 2 aromatic rings. The molecule has 1 aliphatic heterocycles. The Bertz CT molecular complexity index is 865. The monoisotopic (exact) mass is 374 g/mol. The number of rotatable bonds is 3. The van der Waals surface area contributed by atoms with Crippen molar-refractivity contribution >= 4 is 35.2 Å². The number of ether oxygens (including phenoxy) is 1. The average Bonchev–Trinajstić information content (AvgIpc) is 2.65. The highest BCUT2D eigenvalue weighted by Gasteiger charge is 2.32. The summed E-state index contributed by atoms with van der Waals surface area (Å²) in [5.74, 6) is -0.836. The third-order valence-corrected chi connectivity index (χ3v) is 4.30. The van der Waals surface area contributed by atoms with Crippen LogP contribution in [0.2, 0.25) is 5.02 Å². The van der Waals surface area contributed by atoms with Gasteiger partial charge in [-0.1, -0.05) is 29.8 Å². The van der Waals surface area contributed by atoms with Crippen molar-refractivity contribution in [3.8, 4) is 5.75 Å². The Morgan fingerprint density at radius 2 is 2.04 bits per heavy atom. The van der Waals surface area contributed by atoms with Crippen LogP contribution >= 0.6 is 11.6 Å². The maximum atomic E-state index is 13.9. The minimum atomic E-state index is -0.829. The summed E-state index contributed by atoms with van der Waals surface area (Å²) >= 11 is 5.97. The van der Waals surface area contributed by atoms with E-state index in [0.717, 1.165) is 0 Å². The molecular weight excluding hydrogens is 359 g/mol. The Hall–Kier alpha value is -2.86. The Balaban J connectivity index is 1.90. The first-order valence-corrected chi connectivity index (χ1v) is 8.30. The lowest BCUT2D eigenvalue weighted by Crippen LogP contribution is -2.49. The first-order chi connectivity index (χ1) is 12.5. The van der Waals surface area contributed by atoms with E-state index in [0.29, 0.717) is 11.4 Å². The second-order valence-corrected chi connectivity index (χ2v) is 6.01. The number of anilines is 1. The van der Waals surface area contributed by atoms with Gasteiger partial charge in [-0.15, -0.1) is 0 Å². The van der Waals surface area contributed by atoms with E-state index in [1.807, 2.05) is 0 Å². The predicted molar refractivity (Wildman–Crippen MR) is 97.7 cm³/mol. The maximum Gasteiger partial charge on any atom is 0.262 e. The number of nitrogens with one attached hydrogen (secondary N) is 1. The van der Waals surface area contributed by atoms with E-state index in [4.69, 9.17) is 16.3 Å². The number of likely N-dealkylation sites (N-methyl/N-ethyl adjacent to an activating group) is 1. The molecule has 0 bridgehead atoms. The van der Waals surface area contributed by atoms with Crippen LogP contribution in [-0.2, 0) is 9.59 Å². The standard InChI is InChI=1S/C19H16ClFN2O3/c1-22-19(25)17-11-23(15-7-2-3-8-16(15)26-17)18(24)10-9-12-13(20)5-4-6-14(12)21/h2-10,17H,11H2,1H3,(H,22,25)/b10-9+/t17-/m0/s1. The number of hydrogen-bond acceptors (Lipinski definition) is 3. The maximum absolute atomic E-state index is 13.9. The molecule has 1 heterocycles. The van der Waals surface area contributed by atoms with Crippen LogP contribution in [0.15, 0.2) is 48.5 Å². The van der Waals surface area contributed by atoms with Crippen LogP contribution in [0, 0.1) is 5.82 Å². The summed E-state index contributed by atoms with van der Waals surface area (Å²) < 4.78 is 19.5. The van der Waals surface area contributed by atoms with Gasteiger partial charge in [-0.25, -0.2) is 4.39 Å². The molecule has 2 amide bonds. The molecule has 0 unspecified atom stereocenters. The van der Waals surface area contributed by atoms with Crippen LogP contribution in [0.4, 0.5) is 10.1 Å². The van der Waals surface area contributed by atoms with Crippen LogP contribution in [0.1, 0.15) is 5.56 Å². The Labute approximate surface area is 155 Å². The van der Waals surface area contributed by atoms with Gasteiger partial charge in [0.15, 0.2) is 6.10 Å². The van der Waals surface area contributed by atoms with Crippen molar-refractivity contribution in [1.29, 1.82) is 0 Å². The number of benzene rings is 2. The van der Waals surface area contributed by atoms with Crippen LogP contribution < -0.4 is 15.0 Å². The van der Waals surface area contributed by atoms with Crippen LogP contribution in [0.25, 0.3) is 6.08 Å². The van der Waals surface area contributed by atoms with Crippen molar-refractivity contribution < 1.29 is 18.7 Å². The lowest BCUT2D eigenvalue weighted by atomic mass is 10.1. The quantitative estimate of drug-likeness (QED) is 0.840. The van der Waals surface area contributed by atoms with Crippen LogP contribution in [-0.4, -0.2) is 31.5 Å². The third-order valence-electron chi connectivity index (χ3n) is 3.97. The number of hydrogen-bond donors (Lipinski definition) is 1. The molecule has 134 valence electrons. The molecule has 5 nitrogen and oxygen atoms in total. The largest absolute Gasteiger partial charge is 0.477 e. The number of nitrogens with zero attached hydrogens (tertiary/aromatic N) is 1. The van der Waals surface area contributed by atoms with Gasteiger partial charge in [-0.3, -0.25) is 9.59 Å². The van der Waals surface area contributed by atoms with Gasteiger partial charge in [-0.05, 0) is 30.3 Å². The minimum absolute atomic E-state index is 0.0465. The van der Waals surface area contributed by atoms with Crippen LogP contribution in [0.5, 0.6) is 5.75 Å². The molecule has 7 heteroatoms. The number of carbonyl (C=O) groups excluding carboxylic acids is 2. The molecule has 3 rings (SSSR count). The summed E-state index contributed by atoms with van der Waals surface area (Å²) in [4.78, 5) is 26.1. The highest BCUT2D eigenvalue weighted by molar-refractivity contribution is 6.32. The summed E-state index contributed by atoms with van der Waals surface area (Å²) in [5.41, 5.74) is 0.675. The summed E-state index contributed by atoms with van der Waals surface area (Å²) in [5, 5.41) is 2.72. The zero-order valence-electron chi connectivity index (χ0n) is 13.9. The van der Waals surface area contributed by atoms with E-state index >= 15 is 0 Å². The molecular formula is C19H16ClFN2O3. The number of fused-ring (bicyclic) bond motifs is 1. The van der Waals surface area contributed by atoms with Gasteiger partial charge in [-0.2, -0.15) is 0 Å². The molecule has 0 saturated carbocycles. The van der Waals surface area contributed by atoms with Crippen molar-refractivity contribution in [3.63, 3.8) is 0 Å². The highest BCUT2D eigenvalue weighted by atomic mass is 35.5. The summed E-state index contributed by atoms with van der Waals surface area (Å²) in [6, 6.07) is 11.2. The fraction of sp³-hybridized carbons (Fsp3) is 0.158. The van der Waals surface area contributed by atoms with E-state index in [1.54, 1.807) is 30.3 Å². The molecule has 1 atom stereocenters. The van der Waals surface area contributed by atoms with Gasteiger partial charge in [0.2, 0.25) is 0 Å². The number of halogens is 2. The van der Waals surface area contributed by atoms with Gasteiger partial charge in [0, 0.05) is 18.7 Å². The molecule has 0 fully saturated rings. The first kappa shape index (κ1) is 17.9. The SMILES string of the molecule is CNC(=O)[C@@H]1CN(C(=O)/C=C/c2c(F)cccc2Cl)c2ccccc2O1. The van der Waals surface area contributed by atoms with E-state index in [9.17, 15) is 14.0 Å². The zero-order valence-corrected chi connectivity index (χ0v) is 14.7. The van der Waals surface area contributed by atoms with Crippen molar-refractivity contribution in [2.75, 3.05) is 18.5 Å². The molecule has 1 aliphatic rings. The molecule has 0 radical (unpaired) electrons. The first-order valence-electron chi connectivity index (χ1n) is 7.92. The number of para-hydroxylation sites is 2. The van der Waals surface area contributed by atoms with Crippen LogP contribution in [0.3, 0.4) is 0 Å². The molecule has 1 N–H and O–H groups in total. The fourth-order valence-corrected chi connectivity index (χ4v) is 2.88. The Morgan fingerprint density at radius 3 is 2.77 bits per heavy atom. The molecule has 0 aliphatic carbocycles. The molecule has 0 spiro atoms. The molecule has 2 aromatic carbocycles. The Morgan fingerprint density at radius 1 is 1.27 bits per heavy atom. The third kappa shape index (κ3) is 3.55. The Kier molecular flexibility index (Phi) is 5.23. The number of carbonyl (C=O) groups is 2. The second kappa shape index (κ2) is 7.58. The van der Waals surface area contributed by atoms with E-state index in [1.165, 1.54) is 36.2 Å². The topological polar surface area (TPSA) is 58.6 Å². The van der Waals surface area contributed by atoms with Crippen molar-refractivity contribution in [2.24, 2.45) is 0 Å². The van der Waals surface area contributed by atoms with Gasteiger partial charge >= 0.3 is 0 Å². The molecule has 0 saturated heterocycles. The highest BCUT2D eigenvalue weighted by Crippen LogP contribution is 2.33. The predicted octanol–water partition coefficient (Wildman–Crippen LogP) is 3.03. The fourth-order valence-electron chi connectivity index (χ4n) is 2.66. The van der Waals surface area contributed by atoms with Gasteiger partial charge < -0.3 is 15.0 Å². The zero-order chi connectivity index (χ0) is 18.7. The normalized spacial score (nSPS) is 16.1. The van der Waals surface area contributed by atoms with Crippen molar-refractivity contribution in [3.05, 3.63) is 64.9 Å². The lowest BCUT2D eigenvalue weighted by Gasteiger charge is -2.33. The van der Waals surface area contributed by atoms with E-state index in [2.05, 4.69) is 5.32 Å². The number of amides is 2. The van der Waals surface area contributed by atoms with E-state index < -0.39 is 17.8 Å². The van der Waals surface area contributed by atoms with E-state index in [-0.39, 0.29) is 23.0 Å². The van der Waals surface area contributed by atoms with Gasteiger partial charge in [0.05, 0.1) is 17.3 Å². The molecule has 0 aromatic heterocycles.